The molecular weight excluding hydrogens is 232 g/mol. The lowest BCUT2D eigenvalue weighted by molar-refractivity contribution is 0.394. The van der Waals surface area contributed by atoms with Crippen LogP contribution < -0.4 is 15.2 Å². The Morgan fingerprint density at radius 3 is 2.28 bits per heavy atom. The van der Waals surface area contributed by atoms with Gasteiger partial charge in [0.15, 0.2) is 0 Å². The van der Waals surface area contributed by atoms with Crippen molar-refractivity contribution in [2.24, 2.45) is 0 Å². The molecule has 0 saturated heterocycles. The summed E-state index contributed by atoms with van der Waals surface area (Å²) in [6.45, 7) is 1.99. The zero-order valence-electron chi connectivity index (χ0n) is 10.7. The summed E-state index contributed by atoms with van der Waals surface area (Å²) in [5, 5.41) is 0. The predicted molar refractivity (Wildman–Crippen MR) is 68.8 cm³/mol. The predicted octanol–water partition coefficient (Wildman–Crippen LogP) is 2.50. The molecule has 2 aromatic rings. The third-order valence-electron chi connectivity index (χ3n) is 2.66. The number of benzene rings is 1. The first-order chi connectivity index (χ1) is 8.67. The molecule has 5 heteroatoms. The fourth-order valence-corrected chi connectivity index (χ4v) is 1.78. The molecule has 0 aliphatic heterocycles. The summed E-state index contributed by atoms with van der Waals surface area (Å²) >= 11 is 0. The summed E-state index contributed by atoms with van der Waals surface area (Å²) < 4.78 is 15.8. The molecule has 0 spiro atoms. The van der Waals surface area contributed by atoms with Crippen molar-refractivity contribution in [2.75, 3.05) is 20.0 Å². The summed E-state index contributed by atoms with van der Waals surface area (Å²) in [4.78, 5) is 4.20. The molecule has 1 aromatic carbocycles. The molecule has 0 unspecified atom stereocenters. The first-order valence-corrected chi connectivity index (χ1v) is 5.66. The second-order valence-electron chi connectivity index (χ2n) is 3.78. The Morgan fingerprint density at radius 1 is 1.17 bits per heavy atom. The van der Waals surface area contributed by atoms with Crippen LogP contribution in [0, 0.1) is 0 Å². The van der Waals surface area contributed by atoms with E-state index in [9.17, 15) is 0 Å². The van der Waals surface area contributed by atoms with Crippen molar-refractivity contribution in [2.45, 2.75) is 13.3 Å². The second kappa shape index (κ2) is 5.00. The fraction of sp³-hybridized carbons (Fsp3) is 0.308. The molecule has 2 rings (SSSR count). The number of anilines is 1. The van der Waals surface area contributed by atoms with Crippen LogP contribution in [0.2, 0.25) is 0 Å². The molecule has 0 atom stereocenters. The standard InChI is InChI=1S/C13H16N2O3/c1-4-11-12(15-13(14)18-11)8-5-9(16-2)7-10(6-8)17-3/h5-7H,4H2,1-3H3,(H2,14,15). The van der Waals surface area contributed by atoms with Gasteiger partial charge in [-0.3, -0.25) is 0 Å². The fourth-order valence-electron chi connectivity index (χ4n) is 1.78. The van der Waals surface area contributed by atoms with Crippen LogP contribution in [0.1, 0.15) is 12.7 Å². The third-order valence-corrected chi connectivity index (χ3v) is 2.66. The molecule has 0 fully saturated rings. The number of rotatable bonds is 4. The molecular formula is C13H16N2O3. The molecule has 2 N–H and O–H groups in total. The van der Waals surface area contributed by atoms with Gasteiger partial charge in [0.05, 0.1) is 14.2 Å². The van der Waals surface area contributed by atoms with E-state index in [1.54, 1.807) is 20.3 Å². The van der Waals surface area contributed by atoms with Crippen LogP contribution in [-0.4, -0.2) is 19.2 Å². The monoisotopic (exact) mass is 248 g/mol. The second-order valence-corrected chi connectivity index (χ2v) is 3.78. The largest absolute Gasteiger partial charge is 0.497 e. The van der Waals surface area contributed by atoms with E-state index in [4.69, 9.17) is 19.6 Å². The first-order valence-electron chi connectivity index (χ1n) is 5.66. The Bertz CT molecular complexity index is 527. The summed E-state index contributed by atoms with van der Waals surface area (Å²) in [6.07, 6.45) is 0.721. The van der Waals surface area contributed by atoms with Gasteiger partial charge in [-0.25, -0.2) is 0 Å². The van der Waals surface area contributed by atoms with Crippen LogP contribution in [0.15, 0.2) is 22.6 Å². The number of ether oxygens (including phenoxy) is 2. The minimum atomic E-state index is 0.170. The lowest BCUT2D eigenvalue weighted by Gasteiger charge is -2.07. The highest BCUT2D eigenvalue weighted by atomic mass is 16.5. The molecule has 0 saturated carbocycles. The summed E-state index contributed by atoms with van der Waals surface area (Å²) in [5.41, 5.74) is 7.19. The van der Waals surface area contributed by atoms with E-state index >= 15 is 0 Å². The maximum absolute atomic E-state index is 5.59. The third kappa shape index (κ3) is 2.25. The van der Waals surface area contributed by atoms with Gasteiger partial charge >= 0.3 is 0 Å². The average molecular weight is 248 g/mol. The number of hydrogen-bond acceptors (Lipinski definition) is 5. The van der Waals surface area contributed by atoms with E-state index in [-0.39, 0.29) is 6.01 Å². The van der Waals surface area contributed by atoms with Crippen LogP contribution in [0.3, 0.4) is 0 Å². The van der Waals surface area contributed by atoms with E-state index in [0.717, 1.165) is 23.4 Å². The summed E-state index contributed by atoms with van der Waals surface area (Å²) in [5.74, 6) is 2.16. The lowest BCUT2D eigenvalue weighted by Crippen LogP contribution is -1.91. The Hall–Kier alpha value is -2.17. The zero-order chi connectivity index (χ0) is 13.1. The normalized spacial score (nSPS) is 10.4. The van der Waals surface area contributed by atoms with Crippen LogP contribution in [0.4, 0.5) is 6.01 Å². The molecule has 0 amide bonds. The van der Waals surface area contributed by atoms with Gasteiger partial charge in [0, 0.05) is 18.1 Å². The van der Waals surface area contributed by atoms with Crippen molar-refractivity contribution in [3.8, 4) is 22.8 Å². The smallest absolute Gasteiger partial charge is 0.292 e. The molecule has 5 nitrogen and oxygen atoms in total. The number of nitrogens with two attached hydrogens (primary N) is 1. The molecule has 0 aliphatic rings. The van der Waals surface area contributed by atoms with Crippen molar-refractivity contribution < 1.29 is 13.9 Å². The van der Waals surface area contributed by atoms with E-state index in [0.29, 0.717) is 11.5 Å². The van der Waals surface area contributed by atoms with Gasteiger partial charge in [0.25, 0.3) is 6.01 Å². The minimum Gasteiger partial charge on any atom is -0.497 e. The molecule has 1 heterocycles. The van der Waals surface area contributed by atoms with Crippen molar-refractivity contribution in [3.63, 3.8) is 0 Å². The SMILES string of the molecule is CCc1oc(N)nc1-c1cc(OC)cc(OC)c1. The number of nitrogen functional groups attached to an aromatic ring is 1. The van der Waals surface area contributed by atoms with Crippen LogP contribution in [0.5, 0.6) is 11.5 Å². The topological polar surface area (TPSA) is 70.5 Å². The molecule has 0 bridgehead atoms. The number of nitrogens with zero attached hydrogens (tertiary/aromatic N) is 1. The van der Waals surface area contributed by atoms with Gasteiger partial charge < -0.3 is 19.6 Å². The maximum Gasteiger partial charge on any atom is 0.292 e. The van der Waals surface area contributed by atoms with Gasteiger partial charge in [0.1, 0.15) is 23.0 Å². The molecule has 1 aromatic heterocycles. The maximum atomic E-state index is 5.59. The Kier molecular flexibility index (Phi) is 3.41. The van der Waals surface area contributed by atoms with Crippen LogP contribution >= 0.6 is 0 Å². The van der Waals surface area contributed by atoms with E-state index in [2.05, 4.69) is 4.98 Å². The van der Waals surface area contributed by atoms with Crippen molar-refractivity contribution in [1.82, 2.24) is 4.98 Å². The molecule has 0 aliphatic carbocycles. The number of aryl methyl sites for hydroxylation is 1. The molecule has 96 valence electrons. The van der Waals surface area contributed by atoms with Crippen LogP contribution in [-0.2, 0) is 6.42 Å². The van der Waals surface area contributed by atoms with Gasteiger partial charge in [-0.1, -0.05) is 6.92 Å². The highest BCUT2D eigenvalue weighted by Gasteiger charge is 2.14. The van der Waals surface area contributed by atoms with Crippen LogP contribution in [0.25, 0.3) is 11.3 Å². The van der Waals surface area contributed by atoms with E-state index in [1.807, 2.05) is 19.1 Å². The first kappa shape index (κ1) is 12.3. The number of hydrogen-bond donors (Lipinski definition) is 1. The van der Waals surface area contributed by atoms with Gasteiger partial charge in [0.2, 0.25) is 0 Å². The highest BCUT2D eigenvalue weighted by Crippen LogP contribution is 2.32. The molecule has 18 heavy (non-hydrogen) atoms. The van der Waals surface area contributed by atoms with E-state index < -0.39 is 0 Å². The Balaban J connectivity index is 2.54. The molecule has 0 radical (unpaired) electrons. The lowest BCUT2D eigenvalue weighted by atomic mass is 10.1. The highest BCUT2D eigenvalue weighted by molar-refractivity contribution is 5.66. The van der Waals surface area contributed by atoms with Gasteiger partial charge in [-0.2, -0.15) is 4.98 Å². The average Bonchev–Trinajstić information content (AvgIpc) is 2.79. The van der Waals surface area contributed by atoms with Gasteiger partial charge in [-0.05, 0) is 12.1 Å². The number of oxazole rings is 1. The van der Waals surface area contributed by atoms with Crippen molar-refractivity contribution in [1.29, 1.82) is 0 Å². The zero-order valence-corrected chi connectivity index (χ0v) is 10.7. The minimum absolute atomic E-state index is 0.170. The van der Waals surface area contributed by atoms with Crippen molar-refractivity contribution in [3.05, 3.63) is 24.0 Å². The number of methoxy groups -OCH3 is 2. The van der Waals surface area contributed by atoms with E-state index in [1.165, 1.54) is 0 Å². The quantitative estimate of drug-likeness (QED) is 0.900. The number of aromatic nitrogens is 1. The van der Waals surface area contributed by atoms with Crippen molar-refractivity contribution >= 4 is 6.01 Å². The Morgan fingerprint density at radius 2 is 1.78 bits per heavy atom. The summed E-state index contributed by atoms with van der Waals surface area (Å²) in [7, 11) is 3.22. The Labute approximate surface area is 106 Å². The van der Waals surface area contributed by atoms with Gasteiger partial charge in [-0.15, -0.1) is 0 Å². The summed E-state index contributed by atoms with van der Waals surface area (Å²) in [6, 6.07) is 5.72.